The molecule has 1 aliphatic rings. The number of methoxy groups -OCH3 is 1. The smallest absolute Gasteiger partial charge is 0.300 e. The number of rotatable bonds is 8. The fourth-order valence-electron chi connectivity index (χ4n) is 4.43. The van der Waals surface area contributed by atoms with Crippen molar-refractivity contribution in [2.75, 3.05) is 37.6 Å². The standard InChI is InChI=1S/C29H28Cl2N2O5/c1-5-14-38-23-9-7-6-8-22(23)33-25(17-10-12-19(13-11-17)32(2)3)24(27(35)29(33)36)26(34)20-15-18(30)16-21(31)28(20)37-4/h6-13,15-16,25,34H,5,14H2,1-4H3/b26-24+. The lowest BCUT2D eigenvalue weighted by Crippen LogP contribution is -2.30. The van der Waals surface area contributed by atoms with Gasteiger partial charge in [-0.3, -0.25) is 14.5 Å². The Morgan fingerprint density at radius 1 is 1.05 bits per heavy atom. The van der Waals surface area contributed by atoms with Gasteiger partial charge in [0.05, 0.1) is 41.6 Å². The minimum atomic E-state index is -0.958. The molecule has 4 rings (SSSR count). The Kier molecular flexibility index (Phi) is 8.19. The number of aliphatic hydroxyl groups excluding tert-OH is 1. The first-order valence-corrected chi connectivity index (χ1v) is 12.8. The number of ketones is 1. The largest absolute Gasteiger partial charge is 0.507 e. The molecule has 3 aromatic carbocycles. The lowest BCUT2D eigenvalue weighted by atomic mass is 9.94. The molecule has 1 atom stereocenters. The zero-order chi connectivity index (χ0) is 27.6. The van der Waals surface area contributed by atoms with E-state index in [1.54, 1.807) is 24.3 Å². The van der Waals surface area contributed by atoms with Gasteiger partial charge in [0.1, 0.15) is 17.3 Å². The predicted octanol–water partition coefficient (Wildman–Crippen LogP) is 6.48. The van der Waals surface area contributed by atoms with Crippen molar-refractivity contribution in [2.24, 2.45) is 0 Å². The zero-order valence-corrected chi connectivity index (χ0v) is 23.0. The van der Waals surface area contributed by atoms with E-state index < -0.39 is 23.5 Å². The van der Waals surface area contributed by atoms with Crippen LogP contribution >= 0.6 is 23.2 Å². The van der Waals surface area contributed by atoms with Crippen LogP contribution in [-0.2, 0) is 9.59 Å². The minimum absolute atomic E-state index is 0.105. The number of anilines is 2. The summed E-state index contributed by atoms with van der Waals surface area (Å²) < 4.78 is 11.3. The molecule has 0 spiro atoms. The van der Waals surface area contributed by atoms with Crippen molar-refractivity contribution in [3.63, 3.8) is 0 Å². The first-order valence-electron chi connectivity index (χ1n) is 12.0. The number of halogens is 2. The number of para-hydroxylation sites is 2. The summed E-state index contributed by atoms with van der Waals surface area (Å²) in [6, 6.07) is 16.4. The SMILES string of the molecule is CCCOc1ccccc1N1C(=O)C(=O)/C(=C(/O)c2cc(Cl)cc(Cl)c2OC)C1c1ccc(N(C)C)cc1. The van der Waals surface area contributed by atoms with Crippen LogP contribution in [0.5, 0.6) is 11.5 Å². The third-order valence-corrected chi connectivity index (χ3v) is 6.72. The quantitative estimate of drug-likeness (QED) is 0.195. The average molecular weight is 555 g/mol. The maximum atomic E-state index is 13.6. The maximum Gasteiger partial charge on any atom is 0.300 e. The Hall–Kier alpha value is -3.68. The van der Waals surface area contributed by atoms with Crippen LogP contribution in [0, 0.1) is 0 Å². The number of Topliss-reactive ketones (excluding diaryl/α,β-unsaturated/α-hetero) is 1. The number of amides is 1. The summed E-state index contributed by atoms with van der Waals surface area (Å²) in [6.07, 6.45) is 0.762. The van der Waals surface area contributed by atoms with Crippen molar-refractivity contribution >= 4 is 52.0 Å². The van der Waals surface area contributed by atoms with Crippen LogP contribution in [0.3, 0.4) is 0 Å². The van der Waals surface area contributed by atoms with Gasteiger partial charge in [-0.15, -0.1) is 0 Å². The first kappa shape index (κ1) is 27.4. The monoisotopic (exact) mass is 554 g/mol. The molecule has 0 aliphatic carbocycles. The number of nitrogens with zero attached hydrogens (tertiary/aromatic N) is 2. The predicted molar refractivity (Wildman–Crippen MR) is 151 cm³/mol. The fraction of sp³-hybridized carbons (Fsp3) is 0.241. The molecule has 38 heavy (non-hydrogen) atoms. The van der Waals surface area contributed by atoms with Crippen LogP contribution in [0.15, 0.2) is 66.2 Å². The first-order chi connectivity index (χ1) is 18.2. The van der Waals surface area contributed by atoms with Crippen LogP contribution in [-0.4, -0.2) is 44.6 Å². The van der Waals surface area contributed by atoms with Crippen molar-refractivity contribution in [2.45, 2.75) is 19.4 Å². The van der Waals surface area contributed by atoms with E-state index in [1.165, 1.54) is 24.1 Å². The van der Waals surface area contributed by atoms with E-state index >= 15 is 0 Å². The second-order valence-electron chi connectivity index (χ2n) is 8.94. The maximum absolute atomic E-state index is 13.6. The van der Waals surface area contributed by atoms with Gasteiger partial charge in [-0.1, -0.05) is 54.4 Å². The van der Waals surface area contributed by atoms with Gasteiger partial charge in [-0.2, -0.15) is 0 Å². The summed E-state index contributed by atoms with van der Waals surface area (Å²) in [7, 11) is 5.22. The molecule has 1 unspecified atom stereocenters. The van der Waals surface area contributed by atoms with Gasteiger partial charge in [0.25, 0.3) is 11.7 Å². The number of carbonyl (C=O) groups is 2. The van der Waals surface area contributed by atoms with Crippen LogP contribution in [0.1, 0.15) is 30.5 Å². The Labute approximate surface area is 231 Å². The fourth-order valence-corrected chi connectivity index (χ4v) is 5.00. The summed E-state index contributed by atoms with van der Waals surface area (Å²) in [5, 5.41) is 11.9. The summed E-state index contributed by atoms with van der Waals surface area (Å²) in [5.41, 5.74) is 1.96. The topological polar surface area (TPSA) is 79.3 Å². The number of aliphatic hydroxyl groups is 1. The molecule has 3 aromatic rings. The lowest BCUT2D eigenvalue weighted by Gasteiger charge is -2.27. The molecule has 1 fully saturated rings. The summed E-state index contributed by atoms with van der Waals surface area (Å²) in [6.45, 7) is 2.41. The molecule has 1 amide bonds. The van der Waals surface area contributed by atoms with E-state index in [4.69, 9.17) is 32.7 Å². The molecule has 0 aromatic heterocycles. The van der Waals surface area contributed by atoms with Crippen molar-refractivity contribution < 1.29 is 24.2 Å². The highest BCUT2D eigenvalue weighted by atomic mass is 35.5. The molecule has 0 bridgehead atoms. The van der Waals surface area contributed by atoms with E-state index in [0.717, 1.165) is 12.1 Å². The van der Waals surface area contributed by atoms with Gasteiger partial charge >= 0.3 is 0 Å². The molecule has 1 saturated heterocycles. The number of ether oxygens (including phenoxy) is 2. The molecule has 0 radical (unpaired) electrons. The second kappa shape index (κ2) is 11.4. The minimum Gasteiger partial charge on any atom is -0.507 e. The summed E-state index contributed by atoms with van der Waals surface area (Å²) >= 11 is 12.6. The molecular weight excluding hydrogens is 527 g/mol. The lowest BCUT2D eigenvalue weighted by molar-refractivity contribution is -0.132. The van der Waals surface area contributed by atoms with Crippen molar-refractivity contribution in [3.05, 3.63) is 87.4 Å². The Morgan fingerprint density at radius 2 is 1.74 bits per heavy atom. The van der Waals surface area contributed by atoms with Gasteiger partial charge in [0.2, 0.25) is 0 Å². The van der Waals surface area contributed by atoms with E-state index in [0.29, 0.717) is 23.6 Å². The van der Waals surface area contributed by atoms with E-state index in [1.807, 2.05) is 50.2 Å². The van der Waals surface area contributed by atoms with Gasteiger partial charge in [0, 0.05) is 24.8 Å². The normalized spacial score (nSPS) is 16.6. The molecule has 0 saturated carbocycles. The van der Waals surface area contributed by atoms with E-state index in [2.05, 4.69) is 0 Å². The van der Waals surface area contributed by atoms with Gasteiger partial charge in [0.15, 0.2) is 0 Å². The van der Waals surface area contributed by atoms with E-state index in [9.17, 15) is 14.7 Å². The van der Waals surface area contributed by atoms with Crippen LogP contribution in [0.4, 0.5) is 11.4 Å². The molecule has 7 nitrogen and oxygen atoms in total. The van der Waals surface area contributed by atoms with Crippen LogP contribution in [0.2, 0.25) is 10.0 Å². The highest BCUT2D eigenvalue weighted by molar-refractivity contribution is 6.52. The third kappa shape index (κ3) is 5.04. The number of benzene rings is 3. The average Bonchev–Trinajstić information content (AvgIpc) is 3.16. The molecule has 198 valence electrons. The number of hydrogen-bond acceptors (Lipinski definition) is 6. The Morgan fingerprint density at radius 3 is 2.37 bits per heavy atom. The van der Waals surface area contributed by atoms with Crippen molar-refractivity contribution in [1.29, 1.82) is 0 Å². The molecule has 9 heteroatoms. The second-order valence-corrected chi connectivity index (χ2v) is 9.78. The number of hydrogen-bond donors (Lipinski definition) is 1. The van der Waals surface area contributed by atoms with Crippen molar-refractivity contribution in [3.8, 4) is 11.5 Å². The third-order valence-electron chi connectivity index (χ3n) is 6.22. The Bertz CT molecular complexity index is 1400. The van der Waals surface area contributed by atoms with E-state index in [-0.39, 0.29) is 26.9 Å². The number of carbonyl (C=O) groups excluding carboxylic acids is 2. The Balaban J connectivity index is 1.99. The zero-order valence-electron chi connectivity index (χ0n) is 21.5. The van der Waals surface area contributed by atoms with Gasteiger partial charge in [-0.25, -0.2) is 0 Å². The highest BCUT2D eigenvalue weighted by Gasteiger charge is 2.48. The molecular formula is C29H28Cl2N2O5. The molecule has 1 heterocycles. The molecule has 1 N–H and O–H groups in total. The van der Waals surface area contributed by atoms with Crippen LogP contribution in [0.25, 0.3) is 5.76 Å². The summed E-state index contributed by atoms with van der Waals surface area (Å²) in [5.74, 6) is -1.51. The van der Waals surface area contributed by atoms with Gasteiger partial charge < -0.3 is 19.5 Å². The van der Waals surface area contributed by atoms with Crippen LogP contribution < -0.4 is 19.3 Å². The summed E-state index contributed by atoms with van der Waals surface area (Å²) in [4.78, 5) is 30.5. The van der Waals surface area contributed by atoms with Crippen molar-refractivity contribution in [1.82, 2.24) is 0 Å². The molecule has 1 aliphatic heterocycles. The highest BCUT2D eigenvalue weighted by Crippen LogP contribution is 2.47. The van der Waals surface area contributed by atoms with Gasteiger partial charge in [-0.05, 0) is 48.4 Å².